The first-order valence-electron chi connectivity index (χ1n) is 9.25. The second-order valence-corrected chi connectivity index (χ2v) is 6.77. The number of carbonyl (C=O) groups excluding carboxylic acids is 2. The first-order chi connectivity index (χ1) is 12.2. The van der Waals surface area contributed by atoms with Crippen LogP contribution in [0.1, 0.15) is 38.5 Å². The number of carbonyl (C=O) groups is 2. The van der Waals surface area contributed by atoms with E-state index in [0.29, 0.717) is 24.4 Å². The molecule has 2 fully saturated rings. The van der Waals surface area contributed by atoms with Gasteiger partial charge in [-0.2, -0.15) is 0 Å². The number of nitrogens with one attached hydrogen (secondary N) is 2. The molecule has 0 radical (unpaired) electrons. The number of hydrogen-bond acceptors (Lipinski definition) is 4. The highest BCUT2D eigenvalue weighted by Gasteiger charge is 2.23. The molecule has 1 aromatic carbocycles. The van der Waals surface area contributed by atoms with Gasteiger partial charge in [0.15, 0.2) is 0 Å². The molecule has 0 unspecified atom stereocenters. The summed E-state index contributed by atoms with van der Waals surface area (Å²) in [6.45, 7) is 3.64. The molecule has 25 heavy (non-hydrogen) atoms. The zero-order valence-electron chi connectivity index (χ0n) is 14.6. The highest BCUT2D eigenvalue weighted by Crippen LogP contribution is 2.18. The lowest BCUT2D eigenvalue weighted by atomic mass is 10.1. The topological polar surface area (TPSA) is 70.7 Å². The number of amides is 2. The van der Waals surface area contributed by atoms with Crippen molar-refractivity contribution in [1.29, 1.82) is 0 Å². The Bertz CT molecular complexity index is 593. The average molecular weight is 345 g/mol. The van der Waals surface area contributed by atoms with Gasteiger partial charge in [-0.25, -0.2) is 0 Å². The highest BCUT2D eigenvalue weighted by atomic mass is 16.5. The number of ether oxygens (including phenoxy) is 1. The number of anilines is 2. The highest BCUT2D eigenvalue weighted by molar-refractivity contribution is 5.96. The fourth-order valence-electron chi connectivity index (χ4n) is 3.35. The molecular formula is C19H27N3O3. The first kappa shape index (κ1) is 17.9. The Hall–Kier alpha value is -1.92. The Labute approximate surface area is 148 Å². The van der Waals surface area contributed by atoms with Crippen molar-refractivity contribution < 1.29 is 14.3 Å². The molecular weight excluding hydrogens is 318 g/mol. The number of nitrogens with zero attached hydrogens (tertiary/aromatic N) is 1. The summed E-state index contributed by atoms with van der Waals surface area (Å²) in [6.07, 6.45) is 5.58. The van der Waals surface area contributed by atoms with Crippen LogP contribution in [0, 0.1) is 0 Å². The smallest absolute Gasteiger partial charge is 0.253 e. The van der Waals surface area contributed by atoms with E-state index in [-0.39, 0.29) is 17.9 Å². The molecule has 0 aliphatic carbocycles. The number of piperidine rings is 1. The molecule has 6 heteroatoms. The predicted molar refractivity (Wildman–Crippen MR) is 97.6 cm³/mol. The van der Waals surface area contributed by atoms with Gasteiger partial charge in [0.2, 0.25) is 5.91 Å². The molecule has 2 aliphatic rings. The molecule has 2 saturated heterocycles. The summed E-state index contributed by atoms with van der Waals surface area (Å²) in [6, 6.07) is 7.26. The minimum atomic E-state index is -0.359. The van der Waals surface area contributed by atoms with E-state index in [4.69, 9.17) is 4.74 Å². The molecule has 0 aromatic heterocycles. The van der Waals surface area contributed by atoms with Gasteiger partial charge in [-0.1, -0.05) is 12.5 Å². The largest absolute Gasteiger partial charge is 0.368 e. The minimum absolute atomic E-state index is 0.00757. The molecule has 3 rings (SSSR count). The second kappa shape index (κ2) is 8.97. The van der Waals surface area contributed by atoms with Crippen molar-refractivity contribution in [3.8, 4) is 0 Å². The summed E-state index contributed by atoms with van der Waals surface area (Å²) >= 11 is 0. The van der Waals surface area contributed by atoms with Gasteiger partial charge in [0, 0.05) is 30.9 Å². The van der Waals surface area contributed by atoms with E-state index in [2.05, 4.69) is 15.5 Å². The van der Waals surface area contributed by atoms with E-state index in [1.54, 1.807) is 6.07 Å². The molecule has 0 spiro atoms. The lowest BCUT2D eigenvalue weighted by molar-refractivity contribution is -0.124. The van der Waals surface area contributed by atoms with Gasteiger partial charge in [-0.15, -0.1) is 0 Å². The monoisotopic (exact) mass is 345 g/mol. The van der Waals surface area contributed by atoms with Crippen LogP contribution in [0.5, 0.6) is 0 Å². The molecule has 2 amide bonds. The fraction of sp³-hybridized carbons (Fsp3) is 0.579. The zero-order chi connectivity index (χ0) is 17.5. The van der Waals surface area contributed by atoms with Gasteiger partial charge < -0.3 is 20.3 Å². The number of hydrogen-bond donors (Lipinski definition) is 2. The van der Waals surface area contributed by atoms with Crippen molar-refractivity contribution in [2.45, 2.75) is 44.6 Å². The van der Waals surface area contributed by atoms with Gasteiger partial charge in [-0.05, 0) is 57.0 Å². The lowest BCUT2D eigenvalue weighted by Crippen LogP contribution is -2.32. The SMILES string of the molecule is O=C(CCN1CCCCC1)Nc1cccc(NC(=O)[C@@H]2CCCO2)c1. The Kier molecular flexibility index (Phi) is 6.42. The predicted octanol–water partition coefficient (Wildman–Crippen LogP) is 2.62. The lowest BCUT2D eigenvalue weighted by Gasteiger charge is -2.25. The summed E-state index contributed by atoms with van der Waals surface area (Å²) in [7, 11) is 0. The summed E-state index contributed by atoms with van der Waals surface area (Å²) in [5, 5.41) is 5.77. The van der Waals surface area contributed by atoms with E-state index >= 15 is 0 Å². The Balaban J connectivity index is 1.47. The second-order valence-electron chi connectivity index (χ2n) is 6.77. The van der Waals surface area contributed by atoms with Crippen molar-refractivity contribution in [3.05, 3.63) is 24.3 Å². The van der Waals surface area contributed by atoms with Crippen LogP contribution in [0.25, 0.3) is 0 Å². The molecule has 2 N–H and O–H groups in total. The van der Waals surface area contributed by atoms with Crippen LogP contribution in [0.3, 0.4) is 0 Å². The van der Waals surface area contributed by atoms with Gasteiger partial charge in [0.05, 0.1) is 0 Å². The maximum atomic E-state index is 12.2. The zero-order valence-corrected chi connectivity index (χ0v) is 14.6. The minimum Gasteiger partial charge on any atom is -0.368 e. The summed E-state index contributed by atoms with van der Waals surface area (Å²) in [5.41, 5.74) is 1.38. The van der Waals surface area contributed by atoms with Gasteiger partial charge in [0.25, 0.3) is 5.91 Å². The summed E-state index contributed by atoms with van der Waals surface area (Å²) in [5.74, 6) is -0.112. The van der Waals surface area contributed by atoms with Gasteiger partial charge >= 0.3 is 0 Å². The maximum Gasteiger partial charge on any atom is 0.253 e. The van der Waals surface area contributed by atoms with Crippen molar-refractivity contribution in [2.75, 3.05) is 36.9 Å². The van der Waals surface area contributed by atoms with Crippen LogP contribution in [0.4, 0.5) is 11.4 Å². The van der Waals surface area contributed by atoms with Crippen molar-refractivity contribution in [2.24, 2.45) is 0 Å². The van der Waals surface area contributed by atoms with Crippen LogP contribution < -0.4 is 10.6 Å². The summed E-state index contributed by atoms with van der Waals surface area (Å²) in [4.78, 5) is 26.6. The van der Waals surface area contributed by atoms with Crippen LogP contribution in [0.15, 0.2) is 24.3 Å². The molecule has 1 atom stereocenters. The molecule has 0 saturated carbocycles. The molecule has 2 heterocycles. The molecule has 2 aliphatic heterocycles. The Morgan fingerprint density at radius 1 is 1.08 bits per heavy atom. The molecule has 0 bridgehead atoms. The third-order valence-corrected chi connectivity index (χ3v) is 4.74. The molecule has 6 nitrogen and oxygen atoms in total. The third kappa shape index (κ3) is 5.54. The van der Waals surface area contributed by atoms with Crippen molar-refractivity contribution in [1.82, 2.24) is 4.90 Å². The van der Waals surface area contributed by atoms with Crippen LogP contribution >= 0.6 is 0 Å². The third-order valence-electron chi connectivity index (χ3n) is 4.74. The van der Waals surface area contributed by atoms with Crippen molar-refractivity contribution in [3.63, 3.8) is 0 Å². The van der Waals surface area contributed by atoms with E-state index < -0.39 is 0 Å². The van der Waals surface area contributed by atoms with Gasteiger partial charge in [-0.3, -0.25) is 9.59 Å². The number of benzene rings is 1. The maximum absolute atomic E-state index is 12.2. The van der Waals surface area contributed by atoms with E-state index in [0.717, 1.165) is 32.5 Å². The normalized spacial score (nSPS) is 21.0. The fourth-order valence-corrected chi connectivity index (χ4v) is 3.35. The van der Waals surface area contributed by atoms with Crippen molar-refractivity contribution >= 4 is 23.2 Å². The molecule has 1 aromatic rings. The quantitative estimate of drug-likeness (QED) is 0.831. The van der Waals surface area contributed by atoms with Crippen LogP contribution in [0.2, 0.25) is 0 Å². The summed E-state index contributed by atoms with van der Waals surface area (Å²) < 4.78 is 5.38. The number of rotatable bonds is 6. The first-order valence-corrected chi connectivity index (χ1v) is 9.25. The standard InChI is InChI=1S/C19H27N3O3/c23-18(9-12-22-10-2-1-3-11-22)20-15-6-4-7-16(14-15)21-19(24)17-8-5-13-25-17/h4,6-7,14,17H,1-3,5,8-13H2,(H,20,23)(H,21,24)/t17-/m0/s1. The van der Waals surface area contributed by atoms with E-state index in [9.17, 15) is 9.59 Å². The van der Waals surface area contributed by atoms with Gasteiger partial charge in [0.1, 0.15) is 6.10 Å². The average Bonchev–Trinajstić information content (AvgIpc) is 3.16. The number of likely N-dealkylation sites (tertiary alicyclic amines) is 1. The van der Waals surface area contributed by atoms with E-state index in [1.165, 1.54) is 19.3 Å². The Morgan fingerprint density at radius 2 is 1.84 bits per heavy atom. The Morgan fingerprint density at radius 3 is 2.56 bits per heavy atom. The molecule has 136 valence electrons. The van der Waals surface area contributed by atoms with Crippen LogP contribution in [-0.4, -0.2) is 49.1 Å². The van der Waals surface area contributed by atoms with Crippen LogP contribution in [-0.2, 0) is 14.3 Å². The van der Waals surface area contributed by atoms with E-state index in [1.807, 2.05) is 18.2 Å².